The lowest BCUT2D eigenvalue weighted by Gasteiger charge is -2.20. The van der Waals surface area contributed by atoms with E-state index >= 15 is 0 Å². The fourth-order valence-electron chi connectivity index (χ4n) is 2.32. The zero-order valence-corrected chi connectivity index (χ0v) is 10.4. The van der Waals surface area contributed by atoms with Crippen molar-refractivity contribution in [2.24, 2.45) is 0 Å². The number of aliphatic hydroxyl groups excluding tert-OH is 1. The standard InChI is InChI=1S/C13H16O3S/c14-10-2-1-3-13(10)17-9-4-5-11-12(8-9)16-7-6-15-11/h4-5,8,10,13-14H,1-3,6-7H2/t10-,13-/m0/s1. The monoisotopic (exact) mass is 252 g/mol. The Bertz CT molecular complexity index is 408. The molecule has 4 heteroatoms. The van der Waals surface area contributed by atoms with E-state index < -0.39 is 0 Å². The van der Waals surface area contributed by atoms with Gasteiger partial charge in [-0.15, -0.1) is 11.8 Å². The molecule has 2 aliphatic rings. The Morgan fingerprint density at radius 1 is 1.12 bits per heavy atom. The van der Waals surface area contributed by atoms with E-state index in [4.69, 9.17) is 9.47 Å². The predicted octanol–water partition coefficient (Wildman–Crippen LogP) is 2.46. The van der Waals surface area contributed by atoms with Crippen LogP contribution in [0, 0.1) is 0 Å². The summed E-state index contributed by atoms with van der Waals surface area (Å²) in [7, 11) is 0. The SMILES string of the molecule is O[C@H]1CCC[C@@H]1Sc1ccc2c(c1)OCCO2. The summed E-state index contributed by atoms with van der Waals surface area (Å²) in [4.78, 5) is 1.15. The van der Waals surface area contributed by atoms with E-state index in [0.717, 1.165) is 35.7 Å². The molecule has 1 N–H and O–H groups in total. The number of benzene rings is 1. The van der Waals surface area contributed by atoms with E-state index in [9.17, 15) is 5.11 Å². The molecule has 2 atom stereocenters. The summed E-state index contributed by atoms with van der Waals surface area (Å²) < 4.78 is 11.0. The molecule has 0 radical (unpaired) electrons. The second-order valence-electron chi connectivity index (χ2n) is 4.46. The van der Waals surface area contributed by atoms with Gasteiger partial charge in [0, 0.05) is 10.1 Å². The van der Waals surface area contributed by atoms with Crippen LogP contribution in [0.15, 0.2) is 23.1 Å². The number of ether oxygens (including phenoxy) is 2. The molecule has 0 saturated heterocycles. The van der Waals surface area contributed by atoms with Gasteiger partial charge >= 0.3 is 0 Å². The molecule has 3 nitrogen and oxygen atoms in total. The molecule has 3 rings (SSSR count). The average molecular weight is 252 g/mol. The summed E-state index contributed by atoms with van der Waals surface area (Å²) in [6.45, 7) is 1.24. The van der Waals surface area contributed by atoms with Crippen LogP contribution >= 0.6 is 11.8 Å². The molecule has 1 heterocycles. The van der Waals surface area contributed by atoms with Gasteiger partial charge in [-0.3, -0.25) is 0 Å². The Balaban J connectivity index is 1.75. The van der Waals surface area contributed by atoms with Crippen LogP contribution in [0.1, 0.15) is 19.3 Å². The van der Waals surface area contributed by atoms with E-state index in [0.29, 0.717) is 18.5 Å². The minimum atomic E-state index is -0.159. The van der Waals surface area contributed by atoms with Gasteiger partial charge in [-0.2, -0.15) is 0 Å². The number of aliphatic hydroxyl groups is 1. The van der Waals surface area contributed by atoms with Crippen molar-refractivity contribution in [3.63, 3.8) is 0 Å². The Morgan fingerprint density at radius 2 is 1.94 bits per heavy atom. The molecule has 1 aromatic rings. The largest absolute Gasteiger partial charge is 0.486 e. The first-order valence-electron chi connectivity index (χ1n) is 6.07. The molecule has 17 heavy (non-hydrogen) atoms. The second-order valence-corrected chi connectivity index (χ2v) is 5.77. The molecule has 1 aliphatic carbocycles. The highest BCUT2D eigenvalue weighted by atomic mass is 32.2. The molecule has 1 aromatic carbocycles. The smallest absolute Gasteiger partial charge is 0.162 e. The Kier molecular flexibility index (Phi) is 3.16. The van der Waals surface area contributed by atoms with E-state index in [1.807, 2.05) is 18.2 Å². The third-order valence-corrected chi connectivity index (χ3v) is 4.60. The first-order valence-corrected chi connectivity index (χ1v) is 6.95. The van der Waals surface area contributed by atoms with E-state index in [2.05, 4.69) is 0 Å². The Labute approximate surface area is 105 Å². The lowest BCUT2D eigenvalue weighted by Crippen LogP contribution is -2.16. The van der Waals surface area contributed by atoms with Crippen molar-refractivity contribution < 1.29 is 14.6 Å². The van der Waals surface area contributed by atoms with Crippen molar-refractivity contribution in [3.05, 3.63) is 18.2 Å². The zero-order chi connectivity index (χ0) is 11.7. The fourth-order valence-corrected chi connectivity index (χ4v) is 3.56. The van der Waals surface area contributed by atoms with Crippen molar-refractivity contribution in [1.82, 2.24) is 0 Å². The molecule has 92 valence electrons. The topological polar surface area (TPSA) is 38.7 Å². The highest BCUT2D eigenvalue weighted by molar-refractivity contribution is 8.00. The van der Waals surface area contributed by atoms with Crippen LogP contribution in [0.2, 0.25) is 0 Å². The lowest BCUT2D eigenvalue weighted by atomic mass is 10.3. The minimum Gasteiger partial charge on any atom is -0.486 e. The predicted molar refractivity (Wildman–Crippen MR) is 66.9 cm³/mol. The molecule has 1 saturated carbocycles. The summed E-state index contributed by atoms with van der Waals surface area (Å²) >= 11 is 1.75. The maximum Gasteiger partial charge on any atom is 0.162 e. The van der Waals surface area contributed by atoms with E-state index in [-0.39, 0.29) is 6.10 Å². The van der Waals surface area contributed by atoms with Gasteiger partial charge in [0.15, 0.2) is 11.5 Å². The van der Waals surface area contributed by atoms with Gasteiger partial charge in [0.05, 0.1) is 6.10 Å². The van der Waals surface area contributed by atoms with E-state index in [1.165, 1.54) is 0 Å². The van der Waals surface area contributed by atoms with Crippen molar-refractivity contribution in [2.45, 2.75) is 35.5 Å². The quantitative estimate of drug-likeness (QED) is 0.877. The van der Waals surface area contributed by atoms with Crippen LogP contribution in [0.3, 0.4) is 0 Å². The highest BCUT2D eigenvalue weighted by Gasteiger charge is 2.26. The van der Waals surface area contributed by atoms with Gasteiger partial charge in [-0.1, -0.05) is 0 Å². The van der Waals surface area contributed by atoms with Gasteiger partial charge in [0.25, 0.3) is 0 Å². The Hall–Kier alpha value is -0.870. The maximum atomic E-state index is 9.81. The fraction of sp³-hybridized carbons (Fsp3) is 0.538. The van der Waals surface area contributed by atoms with Crippen LogP contribution in [-0.2, 0) is 0 Å². The van der Waals surface area contributed by atoms with Crippen LogP contribution in [0.4, 0.5) is 0 Å². The van der Waals surface area contributed by atoms with Crippen molar-refractivity contribution in [3.8, 4) is 11.5 Å². The second kappa shape index (κ2) is 4.78. The average Bonchev–Trinajstić information content (AvgIpc) is 2.75. The van der Waals surface area contributed by atoms with Gasteiger partial charge in [0.1, 0.15) is 13.2 Å². The molecule has 1 fully saturated rings. The first-order chi connectivity index (χ1) is 8.33. The molecule has 0 unspecified atom stereocenters. The number of hydrogen-bond donors (Lipinski definition) is 1. The summed E-state index contributed by atoms with van der Waals surface area (Å²) in [5.74, 6) is 1.65. The van der Waals surface area contributed by atoms with Crippen molar-refractivity contribution in [1.29, 1.82) is 0 Å². The van der Waals surface area contributed by atoms with Gasteiger partial charge < -0.3 is 14.6 Å². The highest BCUT2D eigenvalue weighted by Crippen LogP contribution is 2.39. The number of thioether (sulfide) groups is 1. The van der Waals surface area contributed by atoms with Crippen LogP contribution in [-0.4, -0.2) is 29.7 Å². The molecule has 0 aromatic heterocycles. The number of hydrogen-bond acceptors (Lipinski definition) is 4. The molecule has 0 bridgehead atoms. The van der Waals surface area contributed by atoms with Gasteiger partial charge in [-0.05, 0) is 37.5 Å². The molecule has 0 spiro atoms. The van der Waals surface area contributed by atoms with Crippen molar-refractivity contribution in [2.75, 3.05) is 13.2 Å². The molecule has 1 aliphatic heterocycles. The normalized spacial score (nSPS) is 27.1. The third kappa shape index (κ3) is 2.38. The minimum absolute atomic E-state index is 0.159. The zero-order valence-electron chi connectivity index (χ0n) is 9.59. The summed E-state index contributed by atoms with van der Waals surface area (Å²) in [5, 5.41) is 10.1. The van der Waals surface area contributed by atoms with Crippen LogP contribution in [0.5, 0.6) is 11.5 Å². The molecule has 0 amide bonds. The lowest BCUT2D eigenvalue weighted by molar-refractivity contribution is 0.171. The van der Waals surface area contributed by atoms with Gasteiger partial charge in [0.2, 0.25) is 0 Å². The summed E-state index contributed by atoms with van der Waals surface area (Å²) in [6.07, 6.45) is 3.00. The number of fused-ring (bicyclic) bond motifs is 1. The van der Waals surface area contributed by atoms with Crippen LogP contribution < -0.4 is 9.47 Å². The number of rotatable bonds is 2. The maximum absolute atomic E-state index is 9.81. The first kappa shape index (κ1) is 11.2. The Morgan fingerprint density at radius 3 is 2.71 bits per heavy atom. The van der Waals surface area contributed by atoms with Crippen LogP contribution in [0.25, 0.3) is 0 Å². The third-order valence-electron chi connectivity index (χ3n) is 3.22. The summed E-state index contributed by atoms with van der Waals surface area (Å²) in [6, 6.07) is 6.02. The summed E-state index contributed by atoms with van der Waals surface area (Å²) in [5.41, 5.74) is 0. The van der Waals surface area contributed by atoms with Crippen molar-refractivity contribution >= 4 is 11.8 Å². The molecular formula is C13H16O3S. The van der Waals surface area contributed by atoms with E-state index in [1.54, 1.807) is 11.8 Å². The molecular weight excluding hydrogens is 236 g/mol. The van der Waals surface area contributed by atoms with Gasteiger partial charge in [-0.25, -0.2) is 0 Å².